The summed E-state index contributed by atoms with van der Waals surface area (Å²) in [5.74, 6) is 0.971. The number of nitrogens with one attached hydrogen (secondary N) is 1. The minimum absolute atomic E-state index is 0.882. The van der Waals surface area contributed by atoms with Crippen molar-refractivity contribution in [3.8, 4) is 11.4 Å². The quantitative estimate of drug-likeness (QED) is 0.764. The maximum absolute atomic E-state index is 4.36. The number of rotatable bonds is 4. The highest BCUT2D eigenvalue weighted by Gasteiger charge is 2.06. The van der Waals surface area contributed by atoms with Crippen LogP contribution in [-0.2, 0) is 13.0 Å². The van der Waals surface area contributed by atoms with Crippen molar-refractivity contribution in [2.75, 3.05) is 0 Å². The van der Waals surface area contributed by atoms with E-state index in [1.807, 2.05) is 30.0 Å². The second kappa shape index (κ2) is 4.50. The average Bonchev–Trinajstić information content (AvgIpc) is 3.09. The van der Waals surface area contributed by atoms with E-state index in [0.29, 0.717) is 0 Å². The molecule has 6 heteroatoms. The first-order chi connectivity index (χ1) is 8.43. The Morgan fingerprint density at radius 2 is 2.35 bits per heavy atom. The van der Waals surface area contributed by atoms with Gasteiger partial charge >= 0.3 is 0 Å². The van der Waals surface area contributed by atoms with Crippen LogP contribution in [0.4, 0.5) is 0 Å². The van der Waals surface area contributed by atoms with Crippen molar-refractivity contribution < 1.29 is 0 Å². The molecule has 0 fully saturated rings. The van der Waals surface area contributed by atoms with Crippen LogP contribution in [0, 0.1) is 0 Å². The van der Waals surface area contributed by atoms with Crippen LogP contribution < -0.4 is 0 Å². The SMILES string of the molecule is c1cc(CCn2ccnc2-c2cnsc2)[nH]n1. The second-order valence-corrected chi connectivity index (χ2v) is 4.35. The van der Waals surface area contributed by atoms with Crippen molar-refractivity contribution in [2.24, 2.45) is 0 Å². The lowest BCUT2D eigenvalue weighted by Crippen LogP contribution is -2.02. The molecule has 5 nitrogen and oxygen atoms in total. The van der Waals surface area contributed by atoms with Crippen LogP contribution in [0.5, 0.6) is 0 Å². The van der Waals surface area contributed by atoms with Gasteiger partial charge in [0.25, 0.3) is 0 Å². The fraction of sp³-hybridized carbons (Fsp3) is 0.182. The topological polar surface area (TPSA) is 59.4 Å². The van der Waals surface area contributed by atoms with Crippen molar-refractivity contribution in [3.63, 3.8) is 0 Å². The summed E-state index contributed by atoms with van der Waals surface area (Å²) in [5, 5.41) is 8.90. The van der Waals surface area contributed by atoms with E-state index in [1.165, 1.54) is 11.5 Å². The Kier molecular flexibility index (Phi) is 2.71. The third-order valence-electron chi connectivity index (χ3n) is 2.59. The maximum Gasteiger partial charge on any atom is 0.142 e. The first kappa shape index (κ1) is 10.2. The Balaban J connectivity index is 1.78. The van der Waals surface area contributed by atoms with Crippen molar-refractivity contribution >= 4 is 11.5 Å². The number of aromatic nitrogens is 5. The zero-order chi connectivity index (χ0) is 11.5. The summed E-state index contributed by atoms with van der Waals surface area (Å²) in [6, 6.07) is 1.99. The van der Waals surface area contributed by atoms with Crippen molar-refractivity contribution in [1.29, 1.82) is 0 Å². The third kappa shape index (κ3) is 2.12. The Morgan fingerprint density at radius 1 is 1.35 bits per heavy atom. The van der Waals surface area contributed by atoms with Gasteiger partial charge in [-0.15, -0.1) is 0 Å². The highest BCUT2D eigenvalue weighted by Crippen LogP contribution is 2.18. The molecule has 1 N–H and O–H groups in total. The maximum atomic E-state index is 4.36. The van der Waals surface area contributed by atoms with E-state index in [9.17, 15) is 0 Å². The van der Waals surface area contributed by atoms with E-state index >= 15 is 0 Å². The fourth-order valence-electron chi connectivity index (χ4n) is 1.73. The second-order valence-electron chi connectivity index (χ2n) is 3.69. The van der Waals surface area contributed by atoms with Gasteiger partial charge in [-0.3, -0.25) is 5.10 Å². The molecule has 0 aliphatic rings. The molecule has 3 aromatic heterocycles. The number of nitrogens with zero attached hydrogens (tertiary/aromatic N) is 4. The largest absolute Gasteiger partial charge is 0.331 e. The van der Waals surface area contributed by atoms with Gasteiger partial charge in [-0.1, -0.05) is 0 Å². The van der Waals surface area contributed by atoms with E-state index in [1.54, 1.807) is 6.20 Å². The van der Waals surface area contributed by atoms with Gasteiger partial charge in [0.1, 0.15) is 5.82 Å². The van der Waals surface area contributed by atoms with Gasteiger partial charge in [0, 0.05) is 48.2 Å². The molecule has 0 radical (unpaired) electrons. The molecule has 86 valence electrons. The molecule has 0 atom stereocenters. The van der Waals surface area contributed by atoms with Gasteiger partial charge in [-0.05, 0) is 17.6 Å². The third-order valence-corrected chi connectivity index (χ3v) is 3.17. The molecule has 0 aliphatic heterocycles. The number of aromatic amines is 1. The number of hydrogen-bond acceptors (Lipinski definition) is 4. The van der Waals surface area contributed by atoms with Gasteiger partial charge in [0.05, 0.1) is 6.20 Å². The lowest BCUT2D eigenvalue weighted by atomic mass is 10.3. The van der Waals surface area contributed by atoms with Crippen LogP contribution in [-0.4, -0.2) is 24.1 Å². The molecule has 0 spiro atoms. The number of aryl methyl sites for hydroxylation is 2. The van der Waals surface area contributed by atoms with Gasteiger partial charge in [0.2, 0.25) is 0 Å². The minimum atomic E-state index is 0.882. The van der Waals surface area contributed by atoms with Crippen LogP contribution in [0.15, 0.2) is 36.2 Å². The van der Waals surface area contributed by atoms with Crippen LogP contribution in [0.2, 0.25) is 0 Å². The molecule has 0 bridgehead atoms. The fourth-order valence-corrected chi connectivity index (χ4v) is 2.25. The number of imidazole rings is 1. The Hall–Kier alpha value is -1.95. The standard InChI is InChI=1S/C11H11N5S/c1-3-13-15-10(1)2-5-16-6-4-12-11(16)9-7-14-17-8-9/h1,3-4,6-8H,2,5H2,(H,13,15). The van der Waals surface area contributed by atoms with Gasteiger partial charge in [-0.2, -0.15) is 5.10 Å². The van der Waals surface area contributed by atoms with E-state index < -0.39 is 0 Å². The lowest BCUT2D eigenvalue weighted by molar-refractivity contribution is 0.690. The van der Waals surface area contributed by atoms with Crippen molar-refractivity contribution in [1.82, 2.24) is 24.1 Å². The summed E-state index contributed by atoms with van der Waals surface area (Å²) in [4.78, 5) is 4.36. The summed E-state index contributed by atoms with van der Waals surface area (Å²) in [5.41, 5.74) is 2.21. The molecule has 0 saturated carbocycles. The summed E-state index contributed by atoms with van der Waals surface area (Å²) in [6.45, 7) is 0.882. The summed E-state index contributed by atoms with van der Waals surface area (Å²) in [6.07, 6.45) is 8.34. The molecule has 3 aromatic rings. The lowest BCUT2D eigenvalue weighted by Gasteiger charge is -2.04. The number of hydrogen-bond donors (Lipinski definition) is 1. The predicted molar refractivity (Wildman–Crippen MR) is 65.6 cm³/mol. The summed E-state index contributed by atoms with van der Waals surface area (Å²) >= 11 is 1.44. The van der Waals surface area contributed by atoms with E-state index in [-0.39, 0.29) is 0 Å². The molecule has 0 aliphatic carbocycles. The first-order valence-corrected chi connectivity index (χ1v) is 6.16. The predicted octanol–water partition coefficient (Wildman–Crippen LogP) is 1.97. The zero-order valence-corrected chi connectivity index (χ0v) is 9.89. The monoisotopic (exact) mass is 245 g/mol. The molecule has 0 saturated heterocycles. The molecule has 3 heterocycles. The normalized spacial score (nSPS) is 10.8. The molecular formula is C11H11N5S. The van der Waals surface area contributed by atoms with Gasteiger partial charge < -0.3 is 4.57 Å². The molecule has 0 aromatic carbocycles. The zero-order valence-electron chi connectivity index (χ0n) is 9.08. The van der Waals surface area contributed by atoms with Crippen molar-refractivity contribution in [3.05, 3.63) is 41.9 Å². The van der Waals surface area contributed by atoms with Gasteiger partial charge in [-0.25, -0.2) is 9.36 Å². The van der Waals surface area contributed by atoms with Crippen molar-refractivity contribution in [2.45, 2.75) is 13.0 Å². The molecule has 0 amide bonds. The number of H-pyrrole nitrogens is 1. The Bertz CT molecular complexity index is 567. The van der Waals surface area contributed by atoms with Gasteiger partial charge in [0.15, 0.2) is 0 Å². The van der Waals surface area contributed by atoms with Crippen LogP contribution in [0.25, 0.3) is 11.4 Å². The molecule has 0 unspecified atom stereocenters. The van der Waals surface area contributed by atoms with Crippen LogP contribution in [0.3, 0.4) is 0 Å². The average molecular weight is 245 g/mol. The Labute approximate surface area is 102 Å². The van der Waals surface area contributed by atoms with Crippen LogP contribution in [0.1, 0.15) is 5.69 Å². The van der Waals surface area contributed by atoms with E-state index in [0.717, 1.165) is 30.0 Å². The first-order valence-electron chi connectivity index (χ1n) is 5.32. The van der Waals surface area contributed by atoms with E-state index in [2.05, 4.69) is 24.1 Å². The highest BCUT2D eigenvalue weighted by molar-refractivity contribution is 7.03. The highest BCUT2D eigenvalue weighted by atomic mass is 32.1. The minimum Gasteiger partial charge on any atom is -0.331 e. The Morgan fingerprint density at radius 3 is 3.12 bits per heavy atom. The van der Waals surface area contributed by atoms with E-state index in [4.69, 9.17) is 0 Å². The molecule has 17 heavy (non-hydrogen) atoms. The summed E-state index contributed by atoms with van der Waals surface area (Å²) in [7, 11) is 0. The molecule has 3 rings (SSSR count). The van der Waals surface area contributed by atoms with Crippen LogP contribution >= 0.6 is 11.5 Å². The smallest absolute Gasteiger partial charge is 0.142 e. The summed E-state index contributed by atoms with van der Waals surface area (Å²) < 4.78 is 6.23. The molecular weight excluding hydrogens is 234 g/mol.